The van der Waals surface area contributed by atoms with Crippen molar-refractivity contribution in [1.29, 1.82) is 5.41 Å². The zero-order chi connectivity index (χ0) is 16.5. The van der Waals surface area contributed by atoms with Crippen molar-refractivity contribution in [1.82, 2.24) is 9.55 Å². The highest BCUT2D eigenvalue weighted by atomic mass is 32.1. The van der Waals surface area contributed by atoms with Crippen molar-refractivity contribution in [2.75, 3.05) is 0 Å². The van der Waals surface area contributed by atoms with Crippen molar-refractivity contribution >= 4 is 34.5 Å². The molecule has 1 aromatic carbocycles. The summed E-state index contributed by atoms with van der Waals surface area (Å²) in [6, 6.07) is 9.58. The Kier molecular flexibility index (Phi) is 3.63. The summed E-state index contributed by atoms with van der Waals surface area (Å²) < 4.78 is 1.40. The van der Waals surface area contributed by atoms with Crippen molar-refractivity contribution in [3.63, 3.8) is 0 Å². The molecule has 0 saturated heterocycles. The number of aromatic nitrogens is 2. The minimum Gasteiger partial charge on any atom is -0.493 e. The SMILES string of the molecule is N=c1sc(C=C2N=NN=C2c2ccccc2)c(O)n1-c1nccs1. The molecule has 0 fully saturated rings. The van der Waals surface area contributed by atoms with Crippen molar-refractivity contribution < 1.29 is 5.11 Å². The summed E-state index contributed by atoms with van der Waals surface area (Å²) >= 11 is 2.49. The highest BCUT2D eigenvalue weighted by Crippen LogP contribution is 2.29. The molecule has 3 aromatic rings. The van der Waals surface area contributed by atoms with E-state index in [0.717, 1.165) is 16.9 Å². The maximum Gasteiger partial charge on any atom is 0.217 e. The summed E-state index contributed by atoms with van der Waals surface area (Å²) in [4.78, 5) is 4.83. The minimum atomic E-state index is -0.0399. The number of hydrogen-bond donors (Lipinski definition) is 2. The summed E-state index contributed by atoms with van der Waals surface area (Å²) in [5, 5.41) is 32.7. The van der Waals surface area contributed by atoms with Crippen molar-refractivity contribution in [2.24, 2.45) is 15.4 Å². The molecular formula is C15H10N6OS2. The van der Waals surface area contributed by atoms with Crippen LogP contribution in [0.25, 0.3) is 11.2 Å². The highest BCUT2D eigenvalue weighted by molar-refractivity contribution is 7.13. The molecule has 118 valence electrons. The van der Waals surface area contributed by atoms with Crippen molar-refractivity contribution in [2.45, 2.75) is 0 Å². The van der Waals surface area contributed by atoms with E-state index in [0.29, 0.717) is 21.4 Å². The van der Waals surface area contributed by atoms with Crippen LogP contribution in [0.3, 0.4) is 0 Å². The number of benzene rings is 1. The lowest BCUT2D eigenvalue weighted by atomic mass is 10.1. The number of rotatable bonds is 3. The Morgan fingerprint density at radius 3 is 2.79 bits per heavy atom. The normalized spacial score (nSPS) is 15.2. The molecule has 0 aliphatic carbocycles. The Morgan fingerprint density at radius 2 is 2.04 bits per heavy atom. The van der Waals surface area contributed by atoms with Crippen molar-refractivity contribution in [3.8, 4) is 11.0 Å². The third-order valence-corrected chi connectivity index (χ3v) is 4.96. The highest BCUT2D eigenvalue weighted by Gasteiger charge is 2.19. The zero-order valence-electron chi connectivity index (χ0n) is 12.1. The van der Waals surface area contributed by atoms with E-state index in [1.807, 2.05) is 30.3 Å². The summed E-state index contributed by atoms with van der Waals surface area (Å²) in [5.41, 5.74) is 2.07. The molecule has 24 heavy (non-hydrogen) atoms. The van der Waals surface area contributed by atoms with Gasteiger partial charge < -0.3 is 5.11 Å². The number of nitrogens with one attached hydrogen (secondary N) is 1. The van der Waals surface area contributed by atoms with E-state index < -0.39 is 0 Å². The second kappa shape index (κ2) is 5.95. The van der Waals surface area contributed by atoms with E-state index in [-0.39, 0.29) is 10.7 Å². The molecule has 0 radical (unpaired) electrons. The Balaban J connectivity index is 1.77. The third kappa shape index (κ3) is 2.49. The van der Waals surface area contributed by atoms with Gasteiger partial charge >= 0.3 is 0 Å². The van der Waals surface area contributed by atoms with Gasteiger partial charge in [0.05, 0.1) is 4.88 Å². The first kappa shape index (κ1) is 14.7. The molecule has 0 amide bonds. The molecule has 9 heteroatoms. The minimum absolute atomic E-state index is 0.0399. The van der Waals surface area contributed by atoms with Gasteiger partial charge in [0.15, 0.2) is 9.93 Å². The first-order valence-electron chi connectivity index (χ1n) is 6.89. The zero-order valence-corrected chi connectivity index (χ0v) is 13.8. The number of allylic oxidation sites excluding steroid dienone is 1. The van der Waals surface area contributed by atoms with Gasteiger partial charge in [0.25, 0.3) is 0 Å². The van der Waals surface area contributed by atoms with Crippen LogP contribution in [0, 0.1) is 5.41 Å². The molecule has 0 spiro atoms. The molecular weight excluding hydrogens is 344 g/mol. The van der Waals surface area contributed by atoms with E-state index in [1.54, 1.807) is 17.7 Å². The molecule has 3 heterocycles. The van der Waals surface area contributed by atoms with Crippen LogP contribution in [-0.2, 0) is 0 Å². The van der Waals surface area contributed by atoms with E-state index in [9.17, 15) is 5.11 Å². The fourth-order valence-corrected chi connectivity index (χ4v) is 3.77. The van der Waals surface area contributed by atoms with Gasteiger partial charge in [-0.1, -0.05) is 41.7 Å². The van der Waals surface area contributed by atoms with Crippen molar-refractivity contribution in [3.05, 3.63) is 62.8 Å². The lowest BCUT2D eigenvalue weighted by molar-refractivity contribution is 0.438. The number of hydrogen-bond acceptors (Lipinski definition) is 8. The van der Waals surface area contributed by atoms with Gasteiger partial charge in [-0.05, 0) is 11.3 Å². The molecule has 2 N–H and O–H groups in total. The van der Waals surface area contributed by atoms with Crippen LogP contribution in [0.5, 0.6) is 5.88 Å². The predicted molar refractivity (Wildman–Crippen MR) is 92.6 cm³/mol. The Hall–Kier alpha value is -2.91. The van der Waals surface area contributed by atoms with Gasteiger partial charge in [0.1, 0.15) is 11.4 Å². The van der Waals surface area contributed by atoms with Gasteiger partial charge in [0.2, 0.25) is 5.88 Å². The van der Waals surface area contributed by atoms with Crippen LogP contribution in [0.4, 0.5) is 0 Å². The Morgan fingerprint density at radius 1 is 1.21 bits per heavy atom. The smallest absolute Gasteiger partial charge is 0.217 e. The first-order valence-corrected chi connectivity index (χ1v) is 8.59. The summed E-state index contributed by atoms with van der Waals surface area (Å²) in [6.07, 6.45) is 3.32. The topological polar surface area (TPSA) is 99.0 Å². The van der Waals surface area contributed by atoms with Crippen LogP contribution in [0.2, 0.25) is 0 Å². The molecule has 1 aliphatic rings. The van der Waals surface area contributed by atoms with Gasteiger partial charge in [-0.15, -0.1) is 21.6 Å². The fourth-order valence-electron chi connectivity index (χ4n) is 2.24. The fraction of sp³-hybridized carbons (Fsp3) is 0. The second-order valence-electron chi connectivity index (χ2n) is 4.78. The Labute approximate surface area is 144 Å². The first-order chi connectivity index (χ1) is 11.7. The molecule has 4 rings (SSSR count). The average Bonchev–Trinajstić information content (AvgIpc) is 3.31. The second-order valence-corrected chi connectivity index (χ2v) is 6.68. The number of thiazole rings is 2. The van der Waals surface area contributed by atoms with Gasteiger partial charge in [-0.2, -0.15) is 0 Å². The monoisotopic (exact) mass is 354 g/mol. The molecule has 0 saturated carbocycles. The average molecular weight is 354 g/mol. The lowest BCUT2D eigenvalue weighted by Crippen LogP contribution is -2.09. The van der Waals surface area contributed by atoms with E-state index >= 15 is 0 Å². The van der Waals surface area contributed by atoms with Crippen LogP contribution >= 0.6 is 22.7 Å². The van der Waals surface area contributed by atoms with Crippen LogP contribution in [0.1, 0.15) is 10.4 Å². The van der Waals surface area contributed by atoms with E-state index in [1.165, 1.54) is 15.9 Å². The standard InChI is InChI=1S/C15H10N6OS2/c16-14-21(15-17-6-7-23-15)13(22)11(24-14)8-10-12(19-20-18-10)9-4-2-1-3-5-9/h1-8,16,22H. The molecule has 2 aromatic heterocycles. The molecule has 0 bridgehead atoms. The maximum atomic E-state index is 10.5. The lowest BCUT2D eigenvalue weighted by Gasteiger charge is -2.01. The molecule has 1 aliphatic heterocycles. The third-order valence-electron chi connectivity index (χ3n) is 3.31. The van der Waals surface area contributed by atoms with Crippen LogP contribution in [0.15, 0.2) is 63.0 Å². The summed E-state index contributed by atoms with van der Waals surface area (Å²) in [7, 11) is 0. The number of aromatic hydroxyl groups is 1. The van der Waals surface area contributed by atoms with E-state index in [2.05, 4.69) is 20.4 Å². The summed E-state index contributed by atoms with van der Waals surface area (Å²) in [6.45, 7) is 0. The van der Waals surface area contributed by atoms with Crippen LogP contribution in [-0.4, -0.2) is 20.4 Å². The molecule has 0 unspecified atom stereocenters. The van der Waals surface area contributed by atoms with Crippen LogP contribution < -0.4 is 4.80 Å². The predicted octanol–water partition coefficient (Wildman–Crippen LogP) is 3.39. The molecule has 7 nitrogen and oxygen atoms in total. The van der Waals surface area contributed by atoms with Gasteiger partial charge in [0, 0.05) is 17.1 Å². The van der Waals surface area contributed by atoms with Gasteiger partial charge in [-0.3, -0.25) is 5.41 Å². The maximum absolute atomic E-state index is 10.5. The molecule has 0 atom stereocenters. The number of nitrogens with zero attached hydrogens (tertiary/aromatic N) is 5. The van der Waals surface area contributed by atoms with E-state index in [4.69, 9.17) is 5.41 Å². The van der Waals surface area contributed by atoms with Gasteiger partial charge in [-0.25, -0.2) is 9.55 Å². The Bertz CT molecular complexity index is 1030. The largest absolute Gasteiger partial charge is 0.493 e. The summed E-state index contributed by atoms with van der Waals surface area (Å²) in [5.74, 6) is -0.0399. The quantitative estimate of drug-likeness (QED) is 0.753.